The van der Waals surface area contributed by atoms with Crippen LogP contribution in [0.5, 0.6) is 11.5 Å². The molecule has 100 valence electrons. The number of benzene rings is 2. The summed E-state index contributed by atoms with van der Waals surface area (Å²) in [6, 6.07) is 9.62. The zero-order chi connectivity index (χ0) is 13.8. The van der Waals surface area contributed by atoms with Gasteiger partial charge in [-0.15, -0.1) is 0 Å². The molecule has 0 atom stereocenters. The molecule has 3 nitrogen and oxygen atoms in total. The van der Waals surface area contributed by atoms with Gasteiger partial charge < -0.3 is 15.2 Å². The summed E-state index contributed by atoms with van der Waals surface area (Å²) in [6.07, 6.45) is 0. The quantitative estimate of drug-likeness (QED) is 0.895. The van der Waals surface area contributed by atoms with Crippen LogP contribution in [0, 0.1) is 5.82 Å². The first kappa shape index (κ1) is 13.7. The number of hydrogen-bond donors (Lipinski definition) is 2. The molecule has 0 unspecified atom stereocenters. The fourth-order valence-corrected chi connectivity index (χ4v) is 2.17. The first-order valence-corrected chi connectivity index (χ1v) is 6.44. The van der Waals surface area contributed by atoms with Crippen LogP contribution in [-0.4, -0.2) is 12.2 Å². The molecule has 0 aliphatic carbocycles. The van der Waals surface area contributed by atoms with E-state index in [9.17, 15) is 9.50 Å². The predicted octanol–water partition coefficient (Wildman–Crippen LogP) is 3.91. The lowest BCUT2D eigenvalue weighted by molar-refractivity contribution is 0.373. The lowest BCUT2D eigenvalue weighted by Crippen LogP contribution is -2.00. The van der Waals surface area contributed by atoms with Gasteiger partial charge in [0.05, 0.1) is 7.11 Å². The van der Waals surface area contributed by atoms with Crippen molar-refractivity contribution in [3.8, 4) is 11.5 Å². The lowest BCUT2D eigenvalue weighted by Gasteiger charge is -2.10. The molecule has 19 heavy (non-hydrogen) atoms. The number of phenols is 1. The van der Waals surface area contributed by atoms with Crippen LogP contribution in [0.25, 0.3) is 0 Å². The first-order chi connectivity index (χ1) is 9.10. The summed E-state index contributed by atoms with van der Waals surface area (Å²) in [5.74, 6) is 0.242. The Kier molecular flexibility index (Phi) is 4.27. The lowest BCUT2D eigenvalue weighted by atomic mass is 10.2. The second kappa shape index (κ2) is 5.93. The van der Waals surface area contributed by atoms with Crippen LogP contribution in [0.4, 0.5) is 10.1 Å². The van der Waals surface area contributed by atoms with Crippen LogP contribution in [-0.2, 0) is 6.54 Å². The number of methoxy groups -OCH3 is 1. The first-order valence-electron chi connectivity index (χ1n) is 5.65. The Morgan fingerprint density at radius 3 is 2.68 bits per heavy atom. The fraction of sp³-hybridized carbons (Fsp3) is 0.143. The normalized spacial score (nSPS) is 10.3. The molecule has 0 amide bonds. The van der Waals surface area contributed by atoms with Crippen LogP contribution < -0.4 is 10.1 Å². The number of aromatic hydroxyl groups is 1. The molecule has 0 bridgehead atoms. The third kappa shape index (κ3) is 3.38. The van der Waals surface area contributed by atoms with E-state index >= 15 is 0 Å². The van der Waals surface area contributed by atoms with E-state index in [0.29, 0.717) is 16.8 Å². The van der Waals surface area contributed by atoms with Gasteiger partial charge >= 0.3 is 0 Å². The average molecular weight is 326 g/mol. The third-order valence-corrected chi connectivity index (χ3v) is 3.31. The van der Waals surface area contributed by atoms with Gasteiger partial charge in [-0.1, -0.05) is 6.07 Å². The van der Waals surface area contributed by atoms with Gasteiger partial charge in [-0.3, -0.25) is 0 Å². The van der Waals surface area contributed by atoms with Crippen LogP contribution in [0.1, 0.15) is 5.56 Å². The van der Waals surface area contributed by atoms with Gasteiger partial charge in [-0.2, -0.15) is 0 Å². The highest BCUT2D eigenvalue weighted by Gasteiger charge is 2.04. The maximum absolute atomic E-state index is 12.9. The molecule has 2 rings (SSSR count). The Balaban J connectivity index is 2.08. The second-order valence-electron chi connectivity index (χ2n) is 3.98. The van der Waals surface area contributed by atoms with Crippen molar-refractivity contribution in [1.82, 2.24) is 0 Å². The molecule has 0 aliphatic heterocycles. The number of halogens is 2. The minimum absolute atomic E-state index is 0.0972. The summed E-state index contributed by atoms with van der Waals surface area (Å²) >= 11 is 3.29. The van der Waals surface area contributed by atoms with E-state index in [0.717, 1.165) is 11.3 Å². The summed E-state index contributed by atoms with van der Waals surface area (Å²) in [7, 11) is 1.50. The summed E-state index contributed by atoms with van der Waals surface area (Å²) in [5.41, 5.74) is 1.69. The smallest absolute Gasteiger partial charge is 0.160 e. The molecule has 2 aromatic carbocycles. The van der Waals surface area contributed by atoms with E-state index in [-0.39, 0.29) is 11.6 Å². The monoisotopic (exact) mass is 325 g/mol. The van der Waals surface area contributed by atoms with Gasteiger partial charge in [-0.25, -0.2) is 4.39 Å². The zero-order valence-electron chi connectivity index (χ0n) is 10.3. The van der Waals surface area contributed by atoms with E-state index < -0.39 is 0 Å². The summed E-state index contributed by atoms with van der Waals surface area (Å²) in [6.45, 7) is 0.516. The maximum atomic E-state index is 12.9. The highest BCUT2D eigenvalue weighted by Crippen LogP contribution is 2.27. The van der Waals surface area contributed by atoms with E-state index in [1.807, 2.05) is 6.07 Å². The number of anilines is 1. The van der Waals surface area contributed by atoms with Crippen LogP contribution >= 0.6 is 15.9 Å². The van der Waals surface area contributed by atoms with Crippen LogP contribution in [0.15, 0.2) is 40.9 Å². The number of hydrogen-bond acceptors (Lipinski definition) is 3. The minimum Gasteiger partial charge on any atom is -0.504 e. The number of nitrogens with one attached hydrogen (secondary N) is 1. The highest BCUT2D eigenvalue weighted by atomic mass is 79.9. The molecule has 0 aliphatic rings. The van der Waals surface area contributed by atoms with Crippen molar-refractivity contribution in [2.45, 2.75) is 6.54 Å². The number of rotatable bonds is 4. The zero-order valence-corrected chi connectivity index (χ0v) is 11.9. The fourth-order valence-electron chi connectivity index (χ4n) is 1.68. The van der Waals surface area contributed by atoms with Crippen molar-refractivity contribution < 1.29 is 14.2 Å². The second-order valence-corrected chi connectivity index (χ2v) is 4.84. The molecular weight excluding hydrogens is 313 g/mol. The molecule has 0 heterocycles. The van der Waals surface area contributed by atoms with Gasteiger partial charge in [0.25, 0.3) is 0 Å². The molecule has 2 aromatic rings. The Morgan fingerprint density at radius 2 is 2.05 bits per heavy atom. The number of phenolic OH excluding ortho intramolecular Hbond substituents is 1. The summed E-state index contributed by atoms with van der Waals surface area (Å²) < 4.78 is 18.6. The standard InChI is InChI=1S/C14H13BrFNO2/c1-19-14-5-2-9(6-13(14)18)8-17-12-4-3-10(16)7-11(12)15/h2-7,17-18H,8H2,1H3. The molecule has 0 saturated carbocycles. The van der Waals surface area contributed by atoms with Crippen molar-refractivity contribution in [2.24, 2.45) is 0 Å². The van der Waals surface area contributed by atoms with Gasteiger partial charge in [0.2, 0.25) is 0 Å². The van der Waals surface area contributed by atoms with Gasteiger partial charge in [0.1, 0.15) is 5.82 Å². The van der Waals surface area contributed by atoms with Crippen LogP contribution in [0.3, 0.4) is 0 Å². The highest BCUT2D eigenvalue weighted by molar-refractivity contribution is 9.10. The molecule has 0 radical (unpaired) electrons. The minimum atomic E-state index is -0.292. The molecule has 0 aromatic heterocycles. The predicted molar refractivity (Wildman–Crippen MR) is 76.1 cm³/mol. The largest absolute Gasteiger partial charge is 0.504 e. The van der Waals surface area contributed by atoms with Gasteiger partial charge in [-0.05, 0) is 51.8 Å². The topological polar surface area (TPSA) is 41.5 Å². The molecule has 5 heteroatoms. The molecule has 0 fully saturated rings. The average Bonchev–Trinajstić information content (AvgIpc) is 2.38. The summed E-state index contributed by atoms with van der Waals surface area (Å²) in [5, 5.41) is 12.8. The molecule has 2 N–H and O–H groups in total. The Hall–Kier alpha value is -1.75. The maximum Gasteiger partial charge on any atom is 0.160 e. The molecule has 0 spiro atoms. The number of ether oxygens (including phenoxy) is 1. The van der Waals surface area contributed by atoms with E-state index in [1.165, 1.54) is 19.2 Å². The van der Waals surface area contributed by atoms with Crippen molar-refractivity contribution >= 4 is 21.6 Å². The van der Waals surface area contributed by atoms with Gasteiger partial charge in [0, 0.05) is 16.7 Å². The van der Waals surface area contributed by atoms with Crippen molar-refractivity contribution in [3.05, 3.63) is 52.3 Å². The van der Waals surface area contributed by atoms with Gasteiger partial charge in [0.15, 0.2) is 11.5 Å². The third-order valence-electron chi connectivity index (χ3n) is 2.66. The van der Waals surface area contributed by atoms with E-state index in [2.05, 4.69) is 21.2 Å². The Bertz CT molecular complexity index is 590. The Labute approximate surface area is 119 Å². The van der Waals surface area contributed by atoms with Crippen molar-refractivity contribution in [1.29, 1.82) is 0 Å². The Morgan fingerprint density at radius 1 is 1.26 bits per heavy atom. The van der Waals surface area contributed by atoms with Crippen LogP contribution in [0.2, 0.25) is 0 Å². The molecular formula is C14H13BrFNO2. The van der Waals surface area contributed by atoms with E-state index in [4.69, 9.17) is 4.74 Å². The molecule has 0 saturated heterocycles. The van der Waals surface area contributed by atoms with Crippen molar-refractivity contribution in [2.75, 3.05) is 12.4 Å². The van der Waals surface area contributed by atoms with E-state index in [1.54, 1.807) is 18.2 Å². The summed E-state index contributed by atoms with van der Waals surface area (Å²) in [4.78, 5) is 0. The SMILES string of the molecule is COc1ccc(CNc2ccc(F)cc2Br)cc1O. The van der Waals surface area contributed by atoms with Crippen molar-refractivity contribution in [3.63, 3.8) is 0 Å².